The Morgan fingerprint density at radius 1 is 1.26 bits per heavy atom. The van der Waals surface area contributed by atoms with Gasteiger partial charge in [-0.25, -0.2) is 5.01 Å². The van der Waals surface area contributed by atoms with Crippen molar-refractivity contribution < 1.29 is 19.4 Å². The predicted octanol–water partition coefficient (Wildman–Crippen LogP) is 4.32. The van der Waals surface area contributed by atoms with E-state index in [0.717, 1.165) is 29.7 Å². The van der Waals surface area contributed by atoms with Crippen LogP contribution in [0.1, 0.15) is 75.5 Å². The molecule has 1 aromatic rings. The first-order valence-electron chi connectivity index (χ1n) is 10.8. The van der Waals surface area contributed by atoms with Crippen molar-refractivity contribution in [1.82, 2.24) is 10.3 Å². The van der Waals surface area contributed by atoms with E-state index >= 15 is 0 Å². The average molecular weight is 426 g/mol. The lowest BCUT2D eigenvalue weighted by Gasteiger charge is -2.35. The molecule has 166 valence electrons. The summed E-state index contributed by atoms with van der Waals surface area (Å²) in [6, 6.07) is 5.89. The van der Waals surface area contributed by atoms with E-state index in [-0.39, 0.29) is 18.0 Å². The maximum atomic E-state index is 13.0. The normalized spacial score (nSPS) is 17.0. The van der Waals surface area contributed by atoms with Crippen molar-refractivity contribution in [3.8, 4) is 0 Å². The van der Waals surface area contributed by atoms with Crippen LogP contribution in [0.5, 0.6) is 0 Å². The number of hydrogen-bond donors (Lipinski definition) is 2. The minimum Gasteiger partial charge on any atom is -0.505 e. The number of allylic oxidation sites excluding steroid dienone is 1. The third-order valence-corrected chi connectivity index (χ3v) is 5.82. The summed E-state index contributed by atoms with van der Waals surface area (Å²) in [4.78, 5) is 24.5. The van der Waals surface area contributed by atoms with Crippen LogP contribution in [-0.4, -0.2) is 41.9 Å². The molecule has 0 atom stereocenters. The molecule has 1 aromatic carbocycles. The van der Waals surface area contributed by atoms with Gasteiger partial charge in [-0.2, -0.15) is 5.10 Å². The molecule has 1 aliphatic heterocycles. The van der Waals surface area contributed by atoms with Gasteiger partial charge in [-0.05, 0) is 50.7 Å². The first-order valence-corrected chi connectivity index (χ1v) is 10.8. The van der Waals surface area contributed by atoms with Crippen molar-refractivity contribution in [1.29, 1.82) is 0 Å². The molecule has 1 fully saturated rings. The van der Waals surface area contributed by atoms with Crippen LogP contribution in [0.25, 0.3) is 11.5 Å². The smallest absolute Gasteiger partial charge is 0.325 e. The summed E-state index contributed by atoms with van der Waals surface area (Å²) in [6.07, 6.45) is 7.44. The highest BCUT2D eigenvalue weighted by Crippen LogP contribution is 2.45. The van der Waals surface area contributed by atoms with Gasteiger partial charge in [-0.3, -0.25) is 9.59 Å². The second-order valence-corrected chi connectivity index (χ2v) is 8.09. The van der Waals surface area contributed by atoms with E-state index in [0.29, 0.717) is 11.5 Å². The lowest BCUT2D eigenvalue weighted by Crippen LogP contribution is -2.38. The van der Waals surface area contributed by atoms with Crippen molar-refractivity contribution in [2.24, 2.45) is 5.10 Å². The first kappa shape index (κ1) is 22.6. The summed E-state index contributed by atoms with van der Waals surface area (Å²) in [5, 5.41) is 19.6. The number of hydrazone groups is 1. The SMILES string of the molecule is C/C=N\N1C(C(=O)NCC(=O)OC)=C(O)c2cccc(C3CCCCC3)c2C1=C(C)C. The Morgan fingerprint density at radius 2 is 1.97 bits per heavy atom. The molecule has 1 amide bonds. The van der Waals surface area contributed by atoms with Gasteiger partial charge in [0.25, 0.3) is 5.91 Å². The number of nitrogens with zero attached hydrogens (tertiary/aromatic N) is 2. The Morgan fingerprint density at radius 3 is 2.58 bits per heavy atom. The van der Waals surface area contributed by atoms with Gasteiger partial charge in [-0.15, -0.1) is 0 Å². The molecule has 31 heavy (non-hydrogen) atoms. The molecule has 3 rings (SSSR count). The molecule has 1 heterocycles. The fourth-order valence-electron chi connectivity index (χ4n) is 4.44. The minimum absolute atomic E-state index is 0.00787. The molecule has 0 saturated heterocycles. The van der Waals surface area contributed by atoms with Gasteiger partial charge in [0.15, 0.2) is 11.5 Å². The number of aliphatic hydroxyl groups is 1. The summed E-state index contributed by atoms with van der Waals surface area (Å²) in [5.74, 6) is -0.906. The second kappa shape index (κ2) is 9.81. The van der Waals surface area contributed by atoms with Crippen LogP contribution in [0.15, 0.2) is 34.6 Å². The minimum atomic E-state index is -0.596. The van der Waals surface area contributed by atoms with Gasteiger partial charge in [-0.1, -0.05) is 37.5 Å². The van der Waals surface area contributed by atoms with Crippen LogP contribution < -0.4 is 5.32 Å². The largest absolute Gasteiger partial charge is 0.505 e. The van der Waals surface area contributed by atoms with Crippen LogP contribution >= 0.6 is 0 Å². The van der Waals surface area contributed by atoms with Crippen LogP contribution in [0.2, 0.25) is 0 Å². The quantitative estimate of drug-likeness (QED) is 0.541. The molecular weight excluding hydrogens is 394 g/mol. The van der Waals surface area contributed by atoms with Crippen LogP contribution in [0, 0.1) is 0 Å². The van der Waals surface area contributed by atoms with Crippen LogP contribution in [0.4, 0.5) is 0 Å². The zero-order chi connectivity index (χ0) is 22.5. The Hall–Kier alpha value is -3.09. The van der Waals surface area contributed by atoms with Crippen molar-refractivity contribution in [2.45, 2.75) is 58.8 Å². The maximum Gasteiger partial charge on any atom is 0.325 e. The Bertz CT molecular complexity index is 952. The standard InChI is InChI=1S/C24H31N3O4/c1-5-26-27-21(15(2)3)20-17(16-10-7-6-8-11-16)12-9-13-18(20)23(29)22(27)24(30)25-14-19(28)31-4/h5,9,12-13,16,29H,6-8,10-11,14H2,1-4H3,(H,25,30)/b26-5-. The van der Waals surface area contributed by atoms with E-state index in [1.165, 1.54) is 36.9 Å². The highest BCUT2D eigenvalue weighted by Gasteiger charge is 2.36. The number of fused-ring (bicyclic) bond motifs is 1. The van der Waals surface area contributed by atoms with E-state index in [4.69, 9.17) is 0 Å². The molecule has 0 unspecified atom stereocenters. The number of ether oxygens (including phenoxy) is 1. The highest BCUT2D eigenvalue weighted by atomic mass is 16.5. The predicted molar refractivity (Wildman–Crippen MR) is 121 cm³/mol. The van der Waals surface area contributed by atoms with Gasteiger partial charge in [0.1, 0.15) is 6.54 Å². The Labute approximate surface area is 183 Å². The first-order chi connectivity index (χ1) is 14.9. The Kier molecular flexibility index (Phi) is 7.15. The second-order valence-electron chi connectivity index (χ2n) is 8.09. The highest BCUT2D eigenvalue weighted by molar-refractivity contribution is 6.05. The van der Waals surface area contributed by atoms with E-state index in [2.05, 4.69) is 21.2 Å². The lowest BCUT2D eigenvalue weighted by atomic mass is 9.78. The van der Waals surface area contributed by atoms with Gasteiger partial charge in [0.2, 0.25) is 0 Å². The number of nitrogens with one attached hydrogen (secondary N) is 1. The number of carbonyl (C=O) groups excluding carboxylic acids is 2. The Balaban J connectivity index is 2.18. The van der Waals surface area contributed by atoms with E-state index < -0.39 is 11.9 Å². The van der Waals surface area contributed by atoms with Crippen molar-refractivity contribution in [3.63, 3.8) is 0 Å². The molecule has 7 heteroatoms. The number of rotatable bonds is 5. The summed E-state index contributed by atoms with van der Waals surface area (Å²) >= 11 is 0. The van der Waals surface area contributed by atoms with Crippen LogP contribution in [0.3, 0.4) is 0 Å². The monoisotopic (exact) mass is 425 g/mol. The van der Waals surface area contributed by atoms with Gasteiger partial charge < -0.3 is 15.2 Å². The van der Waals surface area contributed by atoms with E-state index in [9.17, 15) is 14.7 Å². The van der Waals surface area contributed by atoms with Crippen molar-refractivity contribution >= 4 is 29.5 Å². The third kappa shape index (κ3) is 4.50. The molecule has 0 bridgehead atoms. The van der Waals surface area contributed by atoms with Gasteiger partial charge in [0, 0.05) is 17.3 Å². The zero-order valence-corrected chi connectivity index (χ0v) is 18.7. The number of esters is 1. The molecule has 7 nitrogen and oxygen atoms in total. The van der Waals surface area contributed by atoms with E-state index in [1.54, 1.807) is 13.1 Å². The van der Waals surface area contributed by atoms with Crippen LogP contribution in [-0.2, 0) is 14.3 Å². The summed E-state index contributed by atoms with van der Waals surface area (Å²) in [6.45, 7) is 5.41. The van der Waals surface area contributed by atoms with Gasteiger partial charge in [0.05, 0.1) is 12.8 Å². The molecule has 1 aliphatic carbocycles. The summed E-state index contributed by atoms with van der Waals surface area (Å²) in [5.41, 5.74) is 4.49. The zero-order valence-electron chi connectivity index (χ0n) is 18.7. The topological polar surface area (TPSA) is 91.2 Å². The van der Waals surface area contributed by atoms with E-state index in [1.807, 2.05) is 26.0 Å². The summed E-state index contributed by atoms with van der Waals surface area (Å²) in [7, 11) is 1.25. The third-order valence-electron chi connectivity index (χ3n) is 5.82. The fourth-order valence-corrected chi connectivity index (χ4v) is 4.44. The number of amides is 1. The number of aliphatic hydroxyl groups excluding tert-OH is 1. The number of benzene rings is 1. The van der Waals surface area contributed by atoms with Crippen molar-refractivity contribution in [3.05, 3.63) is 46.2 Å². The molecular formula is C24H31N3O4. The molecule has 0 aromatic heterocycles. The number of carbonyl (C=O) groups is 2. The molecule has 2 aliphatic rings. The molecule has 2 N–H and O–H groups in total. The molecule has 1 saturated carbocycles. The van der Waals surface area contributed by atoms with Gasteiger partial charge >= 0.3 is 5.97 Å². The number of methoxy groups -OCH3 is 1. The molecule has 0 spiro atoms. The number of hydrogen-bond acceptors (Lipinski definition) is 6. The van der Waals surface area contributed by atoms with Crippen molar-refractivity contribution in [2.75, 3.05) is 13.7 Å². The fraction of sp³-hybridized carbons (Fsp3) is 0.458. The summed E-state index contributed by atoms with van der Waals surface area (Å²) < 4.78 is 4.60. The lowest BCUT2D eigenvalue weighted by molar-refractivity contribution is -0.140. The molecule has 0 radical (unpaired) electrons. The average Bonchev–Trinajstić information content (AvgIpc) is 2.77. The maximum absolute atomic E-state index is 13.0.